The van der Waals surface area contributed by atoms with E-state index in [9.17, 15) is 9.59 Å². The summed E-state index contributed by atoms with van der Waals surface area (Å²) in [7, 11) is 0. The standard InChI is InChI=1S/C21H30N2O2/c1-16(12-13-17-8-4-2-5-9-17)22-21(25)18-14-20(24)23(15-18)19-10-6-3-7-11-19/h2,4-5,8-9,16,18-19H,3,6-7,10-15H2,1H3,(H,22,25)/t16-,18-/m0/s1. The quantitative estimate of drug-likeness (QED) is 0.862. The van der Waals surface area contributed by atoms with E-state index < -0.39 is 0 Å². The van der Waals surface area contributed by atoms with E-state index in [0.29, 0.717) is 19.0 Å². The maximum Gasteiger partial charge on any atom is 0.225 e. The summed E-state index contributed by atoms with van der Waals surface area (Å²) in [6.45, 7) is 2.66. The van der Waals surface area contributed by atoms with Crippen molar-refractivity contribution in [2.45, 2.75) is 70.4 Å². The molecule has 2 fully saturated rings. The third kappa shape index (κ3) is 4.83. The number of carbonyl (C=O) groups excluding carboxylic acids is 2. The summed E-state index contributed by atoms with van der Waals surface area (Å²) in [5.41, 5.74) is 1.29. The molecule has 0 spiro atoms. The van der Waals surface area contributed by atoms with Crippen LogP contribution in [-0.4, -0.2) is 35.3 Å². The van der Waals surface area contributed by atoms with Gasteiger partial charge in [-0.2, -0.15) is 0 Å². The van der Waals surface area contributed by atoms with Crippen molar-refractivity contribution in [1.29, 1.82) is 0 Å². The highest BCUT2D eigenvalue weighted by Crippen LogP contribution is 2.28. The van der Waals surface area contributed by atoms with Gasteiger partial charge in [-0.15, -0.1) is 0 Å². The molecule has 1 heterocycles. The molecule has 1 aromatic rings. The molecule has 25 heavy (non-hydrogen) atoms. The number of amides is 2. The molecule has 2 atom stereocenters. The molecule has 1 aliphatic heterocycles. The molecule has 2 amide bonds. The molecule has 2 aliphatic rings. The molecule has 0 bridgehead atoms. The van der Waals surface area contributed by atoms with E-state index in [1.165, 1.54) is 24.8 Å². The largest absolute Gasteiger partial charge is 0.353 e. The molecule has 4 heteroatoms. The van der Waals surface area contributed by atoms with Crippen molar-refractivity contribution < 1.29 is 9.59 Å². The molecule has 1 aromatic carbocycles. The lowest BCUT2D eigenvalue weighted by Gasteiger charge is -2.31. The minimum atomic E-state index is -0.173. The first-order valence-corrected chi connectivity index (χ1v) is 9.77. The van der Waals surface area contributed by atoms with Crippen molar-refractivity contribution in [2.75, 3.05) is 6.54 Å². The third-order valence-electron chi connectivity index (χ3n) is 5.64. The zero-order valence-corrected chi connectivity index (χ0v) is 15.2. The number of rotatable bonds is 6. The molecular formula is C21H30N2O2. The average Bonchev–Trinajstić information content (AvgIpc) is 3.03. The van der Waals surface area contributed by atoms with Crippen LogP contribution < -0.4 is 5.32 Å². The number of hydrogen-bond donors (Lipinski definition) is 1. The van der Waals surface area contributed by atoms with Gasteiger partial charge >= 0.3 is 0 Å². The van der Waals surface area contributed by atoms with E-state index in [-0.39, 0.29) is 23.8 Å². The van der Waals surface area contributed by atoms with Crippen LogP contribution in [0.15, 0.2) is 30.3 Å². The van der Waals surface area contributed by atoms with Gasteiger partial charge in [0.15, 0.2) is 0 Å². The molecule has 0 aromatic heterocycles. The number of nitrogens with zero attached hydrogens (tertiary/aromatic N) is 1. The van der Waals surface area contributed by atoms with E-state index in [1.54, 1.807) is 0 Å². The number of nitrogens with one attached hydrogen (secondary N) is 1. The lowest BCUT2D eigenvalue weighted by molar-refractivity contribution is -0.130. The van der Waals surface area contributed by atoms with Gasteiger partial charge in [0.05, 0.1) is 5.92 Å². The predicted molar refractivity (Wildman–Crippen MR) is 99.1 cm³/mol. The van der Waals surface area contributed by atoms with Gasteiger partial charge in [0, 0.05) is 25.0 Å². The summed E-state index contributed by atoms with van der Waals surface area (Å²) in [5.74, 6) is 0.0461. The molecular weight excluding hydrogens is 312 g/mol. The van der Waals surface area contributed by atoms with Gasteiger partial charge in [0.25, 0.3) is 0 Å². The Kier molecular flexibility index (Phi) is 6.11. The Hall–Kier alpha value is -1.84. The highest BCUT2D eigenvalue weighted by molar-refractivity contribution is 5.89. The van der Waals surface area contributed by atoms with Gasteiger partial charge in [0.2, 0.25) is 11.8 Å². The molecule has 4 nitrogen and oxygen atoms in total. The Balaban J connectivity index is 1.45. The van der Waals surface area contributed by atoms with E-state index >= 15 is 0 Å². The van der Waals surface area contributed by atoms with Crippen LogP contribution in [0.3, 0.4) is 0 Å². The minimum absolute atomic E-state index is 0.0484. The number of benzene rings is 1. The zero-order valence-electron chi connectivity index (χ0n) is 15.2. The topological polar surface area (TPSA) is 49.4 Å². The second kappa shape index (κ2) is 8.50. The molecule has 1 aliphatic carbocycles. The normalized spacial score (nSPS) is 22.8. The zero-order chi connectivity index (χ0) is 17.6. The lowest BCUT2D eigenvalue weighted by Crippen LogP contribution is -2.41. The van der Waals surface area contributed by atoms with Gasteiger partial charge in [-0.3, -0.25) is 9.59 Å². The second-order valence-electron chi connectivity index (χ2n) is 7.67. The smallest absolute Gasteiger partial charge is 0.225 e. The van der Waals surface area contributed by atoms with Gasteiger partial charge in [-0.1, -0.05) is 49.6 Å². The summed E-state index contributed by atoms with van der Waals surface area (Å²) in [6.07, 6.45) is 8.17. The summed E-state index contributed by atoms with van der Waals surface area (Å²) in [6, 6.07) is 10.8. The minimum Gasteiger partial charge on any atom is -0.353 e. The Morgan fingerprint density at radius 2 is 1.92 bits per heavy atom. The van der Waals surface area contributed by atoms with Gasteiger partial charge < -0.3 is 10.2 Å². The highest BCUT2D eigenvalue weighted by Gasteiger charge is 2.38. The Morgan fingerprint density at radius 1 is 1.20 bits per heavy atom. The predicted octanol–water partition coefficient (Wildman–Crippen LogP) is 3.31. The van der Waals surface area contributed by atoms with Crippen LogP contribution in [-0.2, 0) is 16.0 Å². The SMILES string of the molecule is C[C@@H](CCc1ccccc1)NC(=O)[C@H]1CC(=O)N(C2CCCCC2)C1. The van der Waals surface area contributed by atoms with Crippen molar-refractivity contribution in [3.05, 3.63) is 35.9 Å². The lowest BCUT2D eigenvalue weighted by atomic mass is 9.94. The monoisotopic (exact) mass is 342 g/mol. The van der Waals surface area contributed by atoms with Crippen LogP contribution in [0.1, 0.15) is 57.4 Å². The summed E-state index contributed by atoms with van der Waals surface area (Å²) in [4.78, 5) is 26.9. The third-order valence-corrected chi connectivity index (χ3v) is 5.64. The van der Waals surface area contributed by atoms with Crippen molar-refractivity contribution in [2.24, 2.45) is 5.92 Å². The van der Waals surface area contributed by atoms with Crippen LogP contribution in [0.2, 0.25) is 0 Å². The van der Waals surface area contributed by atoms with E-state index in [2.05, 4.69) is 24.4 Å². The van der Waals surface area contributed by atoms with Crippen LogP contribution in [0.5, 0.6) is 0 Å². The van der Waals surface area contributed by atoms with Gasteiger partial charge in [0.1, 0.15) is 0 Å². The molecule has 3 rings (SSSR count). The van der Waals surface area contributed by atoms with Crippen molar-refractivity contribution in [1.82, 2.24) is 10.2 Å². The van der Waals surface area contributed by atoms with E-state index in [1.807, 2.05) is 23.1 Å². The van der Waals surface area contributed by atoms with E-state index in [0.717, 1.165) is 25.7 Å². The molecule has 0 radical (unpaired) electrons. The maximum atomic E-state index is 12.6. The molecule has 1 saturated carbocycles. The summed E-state index contributed by atoms with van der Waals surface area (Å²) < 4.78 is 0. The summed E-state index contributed by atoms with van der Waals surface area (Å²) in [5, 5.41) is 3.12. The number of likely N-dealkylation sites (tertiary alicyclic amines) is 1. The van der Waals surface area contributed by atoms with Crippen LogP contribution in [0, 0.1) is 5.92 Å². The van der Waals surface area contributed by atoms with Crippen LogP contribution >= 0.6 is 0 Å². The fourth-order valence-corrected chi connectivity index (χ4v) is 4.11. The van der Waals surface area contributed by atoms with E-state index in [4.69, 9.17) is 0 Å². The van der Waals surface area contributed by atoms with Gasteiger partial charge in [-0.05, 0) is 38.2 Å². The van der Waals surface area contributed by atoms with Crippen molar-refractivity contribution >= 4 is 11.8 Å². The average molecular weight is 342 g/mol. The second-order valence-corrected chi connectivity index (χ2v) is 7.67. The molecule has 1 saturated heterocycles. The Bertz CT molecular complexity index is 581. The van der Waals surface area contributed by atoms with Gasteiger partial charge in [-0.25, -0.2) is 0 Å². The Labute approximate surface area is 151 Å². The number of carbonyl (C=O) groups is 2. The maximum absolute atomic E-state index is 12.6. The summed E-state index contributed by atoms with van der Waals surface area (Å²) >= 11 is 0. The van der Waals surface area contributed by atoms with Crippen molar-refractivity contribution in [3.63, 3.8) is 0 Å². The molecule has 136 valence electrons. The Morgan fingerprint density at radius 3 is 2.64 bits per heavy atom. The van der Waals surface area contributed by atoms with Crippen molar-refractivity contribution in [3.8, 4) is 0 Å². The fourth-order valence-electron chi connectivity index (χ4n) is 4.11. The van der Waals surface area contributed by atoms with Crippen LogP contribution in [0.25, 0.3) is 0 Å². The number of aryl methyl sites for hydroxylation is 1. The first kappa shape index (κ1) is 18.0. The molecule has 0 unspecified atom stereocenters. The van der Waals surface area contributed by atoms with Crippen LogP contribution in [0.4, 0.5) is 0 Å². The fraction of sp³-hybridized carbons (Fsp3) is 0.619. The first-order chi connectivity index (χ1) is 12.1. The highest BCUT2D eigenvalue weighted by atomic mass is 16.2. The molecule has 1 N–H and O–H groups in total. The first-order valence-electron chi connectivity index (χ1n) is 9.77. The number of hydrogen-bond acceptors (Lipinski definition) is 2.